The standard InChI is InChI=1S/C15H15BrFNO/c1-10-13(17)4-3-5-14(10)18-9-11-6-7-15(19-2)12(16)8-11/h3-8,18H,9H2,1-2H3. The van der Waals surface area contributed by atoms with Gasteiger partial charge in [0, 0.05) is 17.8 Å². The highest BCUT2D eigenvalue weighted by Gasteiger charge is 2.04. The molecule has 2 rings (SSSR count). The Balaban J connectivity index is 2.10. The molecule has 2 nitrogen and oxygen atoms in total. The molecule has 0 heterocycles. The smallest absolute Gasteiger partial charge is 0.133 e. The average Bonchev–Trinajstić information content (AvgIpc) is 2.40. The highest BCUT2D eigenvalue weighted by atomic mass is 79.9. The SMILES string of the molecule is COc1ccc(CNc2cccc(F)c2C)cc1Br. The summed E-state index contributed by atoms with van der Waals surface area (Å²) < 4.78 is 19.5. The van der Waals surface area contributed by atoms with Crippen LogP contribution in [-0.2, 0) is 6.54 Å². The first kappa shape index (κ1) is 13.9. The molecule has 0 fully saturated rings. The van der Waals surface area contributed by atoms with E-state index in [-0.39, 0.29) is 5.82 Å². The summed E-state index contributed by atoms with van der Waals surface area (Å²) in [6, 6.07) is 10.9. The van der Waals surface area contributed by atoms with E-state index in [4.69, 9.17) is 4.74 Å². The lowest BCUT2D eigenvalue weighted by Gasteiger charge is -2.11. The van der Waals surface area contributed by atoms with Gasteiger partial charge in [-0.15, -0.1) is 0 Å². The molecule has 0 aliphatic carbocycles. The molecule has 0 aliphatic rings. The van der Waals surface area contributed by atoms with E-state index in [2.05, 4.69) is 21.2 Å². The fraction of sp³-hybridized carbons (Fsp3) is 0.200. The Morgan fingerprint density at radius 3 is 2.74 bits per heavy atom. The van der Waals surface area contributed by atoms with Crippen LogP contribution in [-0.4, -0.2) is 7.11 Å². The molecule has 0 aliphatic heterocycles. The maximum absolute atomic E-state index is 13.4. The average molecular weight is 324 g/mol. The number of rotatable bonds is 4. The number of ether oxygens (including phenoxy) is 1. The maximum atomic E-state index is 13.4. The molecule has 1 N–H and O–H groups in total. The molecular weight excluding hydrogens is 309 g/mol. The van der Waals surface area contributed by atoms with Crippen LogP contribution < -0.4 is 10.1 Å². The summed E-state index contributed by atoms with van der Waals surface area (Å²) in [6.07, 6.45) is 0. The topological polar surface area (TPSA) is 21.3 Å². The Bertz CT molecular complexity index is 586. The minimum absolute atomic E-state index is 0.194. The van der Waals surface area contributed by atoms with E-state index in [0.717, 1.165) is 21.5 Å². The molecule has 0 radical (unpaired) electrons. The van der Waals surface area contributed by atoms with Gasteiger partial charge in [0.15, 0.2) is 0 Å². The van der Waals surface area contributed by atoms with Gasteiger partial charge in [0.05, 0.1) is 11.6 Å². The number of methoxy groups -OCH3 is 1. The second-order valence-corrected chi connectivity index (χ2v) is 5.09. The minimum Gasteiger partial charge on any atom is -0.496 e. The van der Waals surface area contributed by atoms with Crippen molar-refractivity contribution in [2.45, 2.75) is 13.5 Å². The van der Waals surface area contributed by atoms with Crippen molar-refractivity contribution in [1.82, 2.24) is 0 Å². The highest BCUT2D eigenvalue weighted by Crippen LogP contribution is 2.26. The summed E-state index contributed by atoms with van der Waals surface area (Å²) >= 11 is 3.45. The normalized spacial score (nSPS) is 10.3. The zero-order chi connectivity index (χ0) is 13.8. The number of nitrogens with one attached hydrogen (secondary N) is 1. The Labute approximate surface area is 120 Å². The lowest BCUT2D eigenvalue weighted by atomic mass is 10.1. The van der Waals surface area contributed by atoms with Crippen molar-refractivity contribution < 1.29 is 9.13 Å². The molecule has 0 aromatic heterocycles. The Hall–Kier alpha value is -1.55. The van der Waals surface area contributed by atoms with Gasteiger partial charge < -0.3 is 10.1 Å². The molecule has 0 amide bonds. The predicted molar refractivity (Wildman–Crippen MR) is 79.2 cm³/mol. The van der Waals surface area contributed by atoms with Gasteiger partial charge in [0.25, 0.3) is 0 Å². The van der Waals surface area contributed by atoms with Gasteiger partial charge in [0.2, 0.25) is 0 Å². The molecule has 2 aromatic rings. The van der Waals surface area contributed by atoms with Crippen molar-refractivity contribution in [3.63, 3.8) is 0 Å². The molecule has 2 aromatic carbocycles. The molecule has 19 heavy (non-hydrogen) atoms. The predicted octanol–water partition coefficient (Wildman–Crippen LogP) is 4.52. The van der Waals surface area contributed by atoms with E-state index in [0.29, 0.717) is 12.1 Å². The third-order valence-corrected chi connectivity index (χ3v) is 3.59. The van der Waals surface area contributed by atoms with E-state index >= 15 is 0 Å². The number of benzene rings is 2. The van der Waals surface area contributed by atoms with E-state index < -0.39 is 0 Å². The van der Waals surface area contributed by atoms with Crippen LogP contribution in [0.15, 0.2) is 40.9 Å². The molecule has 4 heteroatoms. The molecule has 0 atom stereocenters. The summed E-state index contributed by atoms with van der Waals surface area (Å²) in [5, 5.41) is 3.23. The molecule has 0 saturated carbocycles. The van der Waals surface area contributed by atoms with Crippen LogP contribution in [0.4, 0.5) is 10.1 Å². The van der Waals surface area contributed by atoms with Crippen LogP contribution in [0.3, 0.4) is 0 Å². The Morgan fingerprint density at radius 2 is 2.05 bits per heavy atom. The van der Waals surface area contributed by atoms with Crippen molar-refractivity contribution in [1.29, 1.82) is 0 Å². The largest absolute Gasteiger partial charge is 0.496 e. The van der Waals surface area contributed by atoms with E-state index in [1.54, 1.807) is 20.1 Å². The van der Waals surface area contributed by atoms with Crippen molar-refractivity contribution in [3.8, 4) is 5.75 Å². The second kappa shape index (κ2) is 6.06. The summed E-state index contributed by atoms with van der Waals surface area (Å²) in [4.78, 5) is 0. The van der Waals surface area contributed by atoms with Crippen LogP contribution in [0, 0.1) is 12.7 Å². The van der Waals surface area contributed by atoms with Crippen LogP contribution in [0.2, 0.25) is 0 Å². The summed E-state index contributed by atoms with van der Waals surface area (Å²) in [5.74, 6) is 0.603. The quantitative estimate of drug-likeness (QED) is 0.893. The van der Waals surface area contributed by atoms with E-state index in [9.17, 15) is 4.39 Å². The van der Waals surface area contributed by atoms with E-state index in [1.807, 2.05) is 24.3 Å². The van der Waals surface area contributed by atoms with E-state index in [1.165, 1.54) is 6.07 Å². The van der Waals surface area contributed by atoms with Crippen molar-refractivity contribution in [2.75, 3.05) is 12.4 Å². The van der Waals surface area contributed by atoms with Crippen LogP contribution in [0.25, 0.3) is 0 Å². The lowest BCUT2D eigenvalue weighted by Crippen LogP contribution is -2.02. The Kier molecular flexibility index (Phi) is 4.43. The number of hydrogen-bond acceptors (Lipinski definition) is 2. The first-order valence-electron chi connectivity index (χ1n) is 5.93. The van der Waals surface area contributed by atoms with Crippen molar-refractivity contribution in [3.05, 3.63) is 57.8 Å². The number of anilines is 1. The van der Waals surface area contributed by atoms with Crippen molar-refractivity contribution >= 4 is 21.6 Å². The lowest BCUT2D eigenvalue weighted by molar-refractivity contribution is 0.412. The van der Waals surface area contributed by atoms with Crippen LogP contribution in [0.5, 0.6) is 5.75 Å². The molecular formula is C15H15BrFNO. The fourth-order valence-electron chi connectivity index (χ4n) is 1.82. The second-order valence-electron chi connectivity index (χ2n) is 4.23. The van der Waals surface area contributed by atoms with Gasteiger partial charge in [0.1, 0.15) is 11.6 Å². The van der Waals surface area contributed by atoms with Crippen molar-refractivity contribution in [2.24, 2.45) is 0 Å². The molecule has 0 saturated heterocycles. The minimum atomic E-state index is -0.194. The zero-order valence-electron chi connectivity index (χ0n) is 10.8. The number of halogens is 2. The summed E-state index contributed by atoms with van der Waals surface area (Å²) in [5.41, 5.74) is 2.54. The van der Waals surface area contributed by atoms with Gasteiger partial charge in [-0.2, -0.15) is 0 Å². The molecule has 0 unspecified atom stereocenters. The third-order valence-electron chi connectivity index (χ3n) is 2.97. The van der Waals surface area contributed by atoms with Gasteiger partial charge >= 0.3 is 0 Å². The summed E-state index contributed by atoms with van der Waals surface area (Å²) in [6.45, 7) is 2.40. The monoisotopic (exact) mass is 323 g/mol. The van der Waals surface area contributed by atoms with Crippen LogP contribution >= 0.6 is 15.9 Å². The fourth-order valence-corrected chi connectivity index (χ4v) is 2.40. The van der Waals surface area contributed by atoms with Crippen LogP contribution in [0.1, 0.15) is 11.1 Å². The highest BCUT2D eigenvalue weighted by molar-refractivity contribution is 9.10. The maximum Gasteiger partial charge on any atom is 0.133 e. The van der Waals surface area contributed by atoms with Gasteiger partial charge in [-0.1, -0.05) is 12.1 Å². The van der Waals surface area contributed by atoms with Gasteiger partial charge in [-0.05, 0) is 52.7 Å². The number of hydrogen-bond donors (Lipinski definition) is 1. The molecule has 0 bridgehead atoms. The summed E-state index contributed by atoms with van der Waals surface area (Å²) in [7, 11) is 1.63. The first-order chi connectivity index (χ1) is 9.11. The first-order valence-corrected chi connectivity index (χ1v) is 6.72. The Morgan fingerprint density at radius 1 is 1.26 bits per heavy atom. The third kappa shape index (κ3) is 3.26. The van der Waals surface area contributed by atoms with Gasteiger partial charge in [-0.3, -0.25) is 0 Å². The molecule has 100 valence electrons. The van der Waals surface area contributed by atoms with Gasteiger partial charge in [-0.25, -0.2) is 4.39 Å². The molecule has 0 spiro atoms. The zero-order valence-corrected chi connectivity index (χ0v) is 12.4.